The highest BCUT2D eigenvalue weighted by atomic mass is 16.5. The molecule has 0 radical (unpaired) electrons. The van der Waals surface area contributed by atoms with Gasteiger partial charge < -0.3 is 9.84 Å². The lowest BCUT2D eigenvalue weighted by Crippen LogP contribution is -2.16. The second kappa shape index (κ2) is 6.59. The molecule has 1 unspecified atom stereocenters. The van der Waals surface area contributed by atoms with Crippen LogP contribution in [-0.2, 0) is 4.74 Å². The molecule has 0 spiro atoms. The highest BCUT2D eigenvalue weighted by Gasteiger charge is 2.13. The van der Waals surface area contributed by atoms with Crippen molar-refractivity contribution in [1.82, 2.24) is 0 Å². The number of ether oxygens (including phenoxy) is 1. The van der Waals surface area contributed by atoms with Crippen LogP contribution in [0.3, 0.4) is 0 Å². The van der Waals surface area contributed by atoms with Crippen molar-refractivity contribution in [3.8, 4) is 0 Å². The minimum absolute atomic E-state index is 0.0397. The van der Waals surface area contributed by atoms with E-state index >= 15 is 0 Å². The maximum absolute atomic E-state index is 9.27. The van der Waals surface area contributed by atoms with E-state index in [4.69, 9.17) is 4.74 Å². The van der Waals surface area contributed by atoms with E-state index in [0.29, 0.717) is 0 Å². The Kier molecular flexibility index (Phi) is 5.37. The molecule has 2 atom stereocenters. The molecule has 0 saturated carbocycles. The molecule has 0 bridgehead atoms. The van der Waals surface area contributed by atoms with Gasteiger partial charge in [0.2, 0.25) is 0 Å². The second-order valence-electron chi connectivity index (χ2n) is 3.82. The number of rotatable bonds is 6. The summed E-state index contributed by atoms with van der Waals surface area (Å²) >= 11 is 0. The lowest BCUT2D eigenvalue weighted by Gasteiger charge is -2.20. The highest BCUT2D eigenvalue weighted by molar-refractivity contribution is 5.17. The van der Waals surface area contributed by atoms with Crippen LogP contribution in [0.25, 0.3) is 0 Å². The molecule has 0 aliphatic rings. The van der Waals surface area contributed by atoms with Gasteiger partial charge in [0.1, 0.15) is 6.10 Å². The van der Waals surface area contributed by atoms with Crippen LogP contribution in [0, 0.1) is 0 Å². The summed E-state index contributed by atoms with van der Waals surface area (Å²) in [5.74, 6) is 0. The topological polar surface area (TPSA) is 29.5 Å². The summed E-state index contributed by atoms with van der Waals surface area (Å²) in [5.41, 5.74) is 1.04. The van der Waals surface area contributed by atoms with Gasteiger partial charge in [-0.2, -0.15) is 0 Å². The minimum atomic E-state index is -0.187. The van der Waals surface area contributed by atoms with Crippen molar-refractivity contribution in [3.05, 3.63) is 35.9 Å². The molecule has 84 valence electrons. The fourth-order valence-electron chi connectivity index (χ4n) is 1.65. The molecule has 0 amide bonds. The van der Waals surface area contributed by atoms with Gasteiger partial charge in [-0.05, 0) is 18.9 Å². The van der Waals surface area contributed by atoms with Crippen LogP contribution in [0.2, 0.25) is 0 Å². The van der Waals surface area contributed by atoms with E-state index in [-0.39, 0.29) is 18.8 Å². The summed E-state index contributed by atoms with van der Waals surface area (Å²) in [4.78, 5) is 0. The van der Waals surface area contributed by atoms with Gasteiger partial charge in [-0.1, -0.05) is 43.7 Å². The SMILES string of the molecule is CCCC(C)O[C@H](CO)c1ccccc1. The molecular weight excluding hydrogens is 188 g/mol. The molecular formula is C13H20O2. The maximum atomic E-state index is 9.27. The fraction of sp³-hybridized carbons (Fsp3) is 0.538. The van der Waals surface area contributed by atoms with E-state index in [1.165, 1.54) is 0 Å². The van der Waals surface area contributed by atoms with Crippen LogP contribution in [-0.4, -0.2) is 17.8 Å². The molecule has 2 nitrogen and oxygen atoms in total. The normalized spacial score (nSPS) is 14.9. The molecule has 1 N–H and O–H groups in total. The molecule has 1 aromatic carbocycles. The number of aliphatic hydroxyl groups excluding tert-OH is 1. The van der Waals surface area contributed by atoms with Gasteiger partial charge in [-0.15, -0.1) is 0 Å². The van der Waals surface area contributed by atoms with Crippen LogP contribution in [0.15, 0.2) is 30.3 Å². The Labute approximate surface area is 91.9 Å². The standard InChI is InChI=1S/C13H20O2/c1-3-7-11(2)15-13(10-14)12-8-5-4-6-9-12/h4-6,8-9,11,13-14H,3,7,10H2,1-2H3/t11?,13-/m1/s1. The summed E-state index contributed by atoms with van der Waals surface area (Å²) in [6, 6.07) is 9.87. The van der Waals surface area contributed by atoms with E-state index in [1.807, 2.05) is 30.3 Å². The summed E-state index contributed by atoms with van der Waals surface area (Å²) in [5, 5.41) is 9.27. The predicted molar refractivity (Wildman–Crippen MR) is 61.7 cm³/mol. The largest absolute Gasteiger partial charge is 0.393 e. The molecule has 1 aromatic rings. The van der Waals surface area contributed by atoms with Gasteiger partial charge in [-0.25, -0.2) is 0 Å². The van der Waals surface area contributed by atoms with Gasteiger partial charge in [0.15, 0.2) is 0 Å². The zero-order valence-corrected chi connectivity index (χ0v) is 9.52. The van der Waals surface area contributed by atoms with Gasteiger partial charge >= 0.3 is 0 Å². The van der Waals surface area contributed by atoms with Crippen molar-refractivity contribution in [3.63, 3.8) is 0 Å². The van der Waals surface area contributed by atoms with Crippen LogP contribution in [0.4, 0.5) is 0 Å². The third-order valence-electron chi connectivity index (χ3n) is 2.43. The molecule has 0 aliphatic carbocycles. The lowest BCUT2D eigenvalue weighted by atomic mass is 10.1. The zero-order chi connectivity index (χ0) is 11.1. The van der Waals surface area contributed by atoms with Crippen molar-refractivity contribution in [2.45, 2.75) is 38.9 Å². The van der Waals surface area contributed by atoms with Crippen molar-refractivity contribution in [2.24, 2.45) is 0 Å². The van der Waals surface area contributed by atoms with E-state index in [9.17, 15) is 5.11 Å². The first-order valence-corrected chi connectivity index (χ1v) is 5.59. The molecule has 0 aliphatic heterocycles. The second-order valence-corrected chi connectivity index (χ2v) is 3.82. The average molecular weight is 208 g/mol. The van der Waals surface area contributed by atoms with Gasteiger partial charge in [0.05, 0.1) is 12.7 Å². The first-order chi connectivity index (χ1) is 7.27. The third kappa shape index (κ3) is 4.02. The van der Waals surface area contributed by atoms with Crippen LogP contribution < -0.4 is 0 Å². The summed E-state index contributed by atoms with van der Waals surface area (Å²) < 4.78 is 5.78. The summed E-state index contributed by atoms with van der Waals surface area (Å²) in [6.45, 7) is 4.23. The number of aliphatic hydroxyl groups is 1. The van der Waals surface area contributed by atoms with E-state index < -0.39 is 0 Å². The van der Waals surface area contributed by atoms with Gasteiger partial charge in [0.25, 0.3) is 0 Å². The van der Waals surface area contributed by atoms with Crippen molar-refractivity contribution >= 4 is 0 Å². The fourth-order valence-corrected chi connectivity index (χ4v) is 1.65. The van der Waals surface area contributed by atoms with Crippen LogP contribution in [0.1, 0.15) is 38.4 Å². The van der Waals surface area contributed by atoms with E-state index in [0.717, 1.165) is 18.4 Å². The summed E-state index contributed by atoms with van der Waals surface area (Å²) in [6.07, 6.45) is 2.15. The number of hydrogen-bond donors (Lipinski definition) is 1. The quantitative estimate of drug-likeness (QED) is 0.779. The van der Waals surface area contributed by atoms with E-state index in [2.05, 4.69) is 13.8 Å². The Bertz CT molecular complexity index is 258. The molecule has 2 heteroatoms. The Morgan fingerprint density at radius 2 is 1.93 bits per heavy atom. The summed E-state index contributed by atoms with van der Waals surface area (Å²) in [7, 11) is 0. The van der Waals surface area contributed by atoms with Crippen molar-refractivity contribution < 1.29 is 9.84 Å². The first kappa shape index (κ1) is 12.2. The van der Waals surface area contributed by atoms with E-state index in [1.54, 1.807) is 0 Å². The van der Waals surface area contributed by atoms with Crippen molar-refractivity contribution in [2.75, 3.05) is 6.61 Å². The molecule has 1 rings (SSSR count). The first-order valence-electron chi connectivity index (χ1n) is 5.59. The highest BCUT2D eigenvalue weighted by Crippen LogP contribution is 2.19. The Balaban J connectivity index is 2.56. The Morgan fingerprint density at radius 1 is 1.27 bits per heavy atom. The maximum Gasteiger partial charge on any atom is 0.106 e. The molecule has 0 aromatic heterocycles. The smallest absolute Gasteiger partial charge is 0.106 e. The molecule has 0 saturated heterocycles. The lowest BCUT2D eigenvalue weighted by molar-refractivity contribution is -0.0362. The monoisotopic (exact) mass is 208 g/mol. The molecule has 0 heterocycles. The van der Waals surface area contributed by atoms with Gasteiger partial charge in [0, 0.05) is 0 Å². The Morgan fingerprint density at radius 3 is 2.47 bits per heavy atom. The number of benzene rings is 1. The van der Waals surface area contributed by atoms with Gasteiger partial charge in [-0.3, -0.25) is 0 Å². The molecule has 0 fully saturated rings. The molecule has 15 heavy (non-hydrogen) atoms. The third-order valence-corrected chi connectivity index (χ3v) is 2.43. The number of hydrogen-bond acceptors (Lipinski definition) is 2. The minimum Gasteiger partial charge on any atom is -0.393 e. The predicted octanol–water partition coefficient (Wildman–Crippen LogP) is 2.93. The van der Waals surface area contributed by atoms with Crippen molar-refractivity contribution in [1.29, 1.82) is 0 Å². The zero-order valence-electron chi connectivity index (χ0n) is 9.52. The van der Waals surface area contributed by atoms with Crippen LogP contribution in [0.5, 0.6) is 0 Å². The van der Waals surface area contributed by atoms with Crippen LogP contribution >= 0.6 is 0 Å². The average Bonchev–Trinajstić information content (AvgIpc) is 2.27. The Hall–Kier alpha value is -0.860.